The number of pyridine rings is 1. The lowest BCUT2D eigenvalue weighted by atomic mass is 10.1. The zero-order valence-electron chi connectivity index (χ0n) is 16.4. The van der Waals surface area contributed by atoms with Crippen LogP contribution in [0.25, 0.3) is 16.1 Å². The predicted molar refractivity (Wildman–Crippen MR) is 117 cm³/mol. The Kier molecular flexibility index (Phi) is 5.63. The second kappa shape index (κ2) is 8.84. The van der Waals surface area contributed by atoms with E-state index in [1.54, 1.807) is 18.3 Å². The molecule has 2 heterocycles. The van der Waals surface area contributed by atoms with Gasteiger partial charge in [0.15, 0.2) is 11.6 Å². The lowest BCUT2D eigenvalue weighted by Crippen LogP contribution is -2.04. The molecular weight excluding hydrogens is 374 g/mol. The van der Waals surface area contributed by atoms with Crippen molar-refractivity contribution in [2.45, 2.75) is 13.5 Å². The highest BCUT2D eigenvalue weighted by Crippen LogP contribution is 2.35. The summed E-state index contributed by atoms with van der Waals surface area (Å²) in [5.41, 5.74) is 4.57. The van der Waals surface area contributed by atoms with Gasteiger partial charge in [0.1, 0.15) is 24.8 Å². The summed E-state index contributed by atoms with van der Waals surface area (Å²) in [6.45, 7) is 9.48. The summed E-state index contributed by atoms with van der Waals surface area (Å²) in [4.78, 5) is 16.3. The number of nitrogens with one attached hydrogen (secondary N) is 1. The minimum absolute atomic E-state index is 0.337. The van der Waals surface area contributed by atoms with Gasteiger partial charge in [-0.15, -0.1) is 4.98 Å². The topological polar surface area (TPSA) is 64.3 Å². The molecule has 2 aromatic heterocycles. The number of hydrogen-bond donors (Lipinski definition) is 1. The van der Waals surface area contributed by atoms with Crippen molar-refractivity contribution in [2.75, 3.05) is 5.32 Å². The van der Waals surface area contributed by atoms with Crippen molar-refractivity contribution >= 4 is 17.3 Å². The largest absolute Gasteiger partial charge is 0.483 e. The predicted octanol–water partition coefficient (Wildman–Crippen LogP) is 5.72. The number of aryl methyl sites for hydroxylation is 1. The van der Waals surface area contributed by atoms with Crippen molar-refractivity contribution < 1.29 is 4.74 Å². The van der Waals surface area contributed by atoms with Crippen LogP contribution in [0.2, 0.25) is 0 Å². The molecule has 4 rings (SSSR count). The van der Waals surface area contributed by atoms with Crippen molar-refractivity contribution in [2.24, 2.45) is 0 Å². The summed E-state index contributed by atoms with van der Waals surface area (Å²) in [7, 11) is 0. The minimum atomic E-state index is 0.337. The van der Waals surface area contributed by atoms with Crippen LogP contribution in [0.5, 0.6) is 5.75 Å². The fourth-order valence-corrected chi connectivity index (χ4v) is 2.91. The molecule has 0 saturated heterocycles. The molecule has 1 N–H and O–H groups in total. The average Bonchev–Trinajstić information content (AvgIpc) is 2.80. The molecule has 0 radical (unpaired) electrons. The fourth-order valence-electron chi connectivity index (χ4n) is 2.91. The average molecular weight is 393 g/mol. The number of anilines is 2. The third kappa shape index (κ3) is 4.42. The normalized spacial score (nSPS) is 10.3. The van der Waals surface area contributed by atoms with Crippen LogP contribution in [0.15, 0.2) is 79.3 Å². The molecule has 6 heteroatoms. The van der Waals surface area contributed by atoms with Crippen LogP contribution in [0, 0.1) is 13.5 Å². The Balaban J connectivity index is 1.71. The molecule has 30 heavy (non-hydrogen) atoms. The van der Waals surface area contributed by atoms with Crippen molar-refractivity contribution in [1.29, 1.82) is 0 Å². The van der Waals surface area contributed by atoms with Gasteiger partial charge in [-0.1, -0.05) is 66.7 Å². The van der Waals surface area contributed by atoms with Crippen molar-refractivity contribution in [1.82, 2.24) is 15.0 Å². The first-order chi connectivity index (χ1) is 14.7. The Hall–Kier alpha value is -4.24. The molecule has 2 aromatic carbocycles. The number of rotatable bonds is 6. The zero-order valence-corrected chi connectivity index (χ0v) is 16.4. The van der Waals surface area contributed by atoms with Gasteiger partial charge in [-0.25, -0.2) is 9.97 Å². The number of ether oxygens (including phenoxy) is 1. The maximum atomic E-state index is 7.05. The smallest absolute Gasteiger partial charge is 0.269 e. The molecule has 146 valence electrons. The van der Waals surface area contributed by atoms with Crippen molar-refractivity contribution in [3.05, 3.63) is 102 Å². The molecule has 0 atom stereocenters. The highest BCUT2D eigenvalue weighted by atomic mass is 16.5. The van der Waals surface area contributed by atoms with Crippen LogP contribution < -0.4 is 10.1 Å². The van der Waals surface area contributed by atoms with E-state index in [9.17, 15) is 0 Å². The SMILES string of the molecule is [C-]#[N+]c1ccc(Nc2ncnc(-c3ccc(C)cc3)c2OCc2ccccc2)cn1. The Bertz CT molecular complexity index is 1170. The molecule has 0 spiro atoms. The molecule has 0 bridgehead atoms. The third-order valence-corrected chi connectivity index (χ3v) is 4.48. The molecular formula is C24H19N5O. The number of nitrogens with zero attached hydrogens (tertiary/aromatic N) is 4. The quantitative estimate of drug-likeness (QED) is 0.424. The summed E-state index contributed by atoms with van der Waals surface area (Å²) in [6, 6.07) is 21.5. The Labute approximate surface area is 175 Å². The zero-order chi connectivity index (χ0) is 20.8. The molecule has 0 amide bonds. The Morgan fingerprint density at radius 3 is 2.43 bits per heavy atom. The van der Waals surface area contributed by atoms with E-state index < -0.39 is 0 Å². The van der Waals surface area contributed by atoms with Crippen LogP contribution in [0.4, 0.5) is 17.3 Å². The molecule has 6 nitrogen and oxygen atoms in total. The lowest BCUT2D eigenvalue weighted by molar-refractivity contribution is 0.307. The summed E-state index contributed by atoms with van der Waals surface area (Å²) in [5.74, 6) is 1.43. The summed E-state index contributed by atoms with van der Waals surface area (Å²) in [5, 5.41) is 3.24. The van der Waals surface area contributed by atoms with E-state index >= 15 is 0 Å². The van der Waals surface area contributed by atoms with E-state index in [4.69, 9.17) is 11.3 Å². The van der Waals surface area contributed by atoms with E-state index in [-0.39, 0.29) is 0 Å². The van der Waals surface area contributed by atoms with E-state index in [0.717, 1.165) is 11.1 Å². The second-order valence-electron chi connectivity index (χ2n) is 6.68. The van der Waals surface area contributed by atoms with Gasteiger partial charge in [0.2, 0.25) is 0 Å². The molecule has 4 aromatic rings. The summed E-state index contributed by atoms with van der Waals surface area (Å²) in [6.07, 6.45) is 3.11. The highest BCUT2D eigenvalue weighted by Gasteiger charge is 2.16. The first-order valence-corrected chi connectivity index (χ1v) is 9.42. The number of hydrogen-bond acceptors (Lipinski definition) is 5. The Morgan fingerprint density at radius 2 is 1.73 bits per heavy atom. The highest BCUT2D eigenvalue weighted by molar-refractivity contribution is 5.75. The molecule has 0 aliphatic heterocycles. The van der Waals surface area contributed by atoms with Gasteiger partial charge >= 0.3 is 0 Å². The van der Waals surface area contributed by atoms with Crippen LogP contribution >= 0.6 is 0 Å². The van der Waals surface area contributed by atoms with E-state index in [1.807, 2.05) is 61.5 Å². The summed E-state index contributed by atoms with van der Waals surface area (Å²) >= 11 is 0. The maximum absolute atomic E-state index is 7.05. The van der Waals surface area contributed by atoms with E-state index in [1.165, 1.54) is 11.9 Å². The van der Waals surface area contributed by atoms with Gasteiger partial charge in [-0.05, 0) is 24.6 Å². The standard InChI is InChI=1S/C24H19N5O/c1-17-8-10-19(11-9-17)22-23(30-15-18-6-4-3-5-7-18)24(28-16-27-22)29-20-12-13-21(25-2)26-14-20/h3-14,16H,15H2,1H3,(H,27,28,29). The van der Waals surface area contributed by atoms with Gasteiger partial charge < -0.3 is 14.9 Å². The van der Waals surface area contributed by atoms with Gasteiger partial charge in [0.05, 0.1) is 5.69 Å². The second-order valence-corrected chi connectivity index (χ2v) is 6.68. The first-order valence-electron chi connectivity index (χ1n) is 9.42. The van der Waals surface area contributed by atoms with Crippen molar-refractivity contribution in [3.63, 3.8) is 0 Å². The minimum Gasteiger partial charge on any atom is -0.483 e. The van der Waals surface area contributed by atoms with Crippen LogP contribution in [-0.4, -0.2) is 15.0 Å². The lowest BCUT2D eigenvalue weighted by Gasteiger charge is -2.15. The van der Waals surface area contributed by atoms with Gasteiger partial charge in [0, 0.05) is 5.56 Å². The van der Waals surface area contributed by atoms with Gasteiger partial charge in [0.25, 0.3) is 5.82 Å². The Morgan fingerprint density at radius 1 is 0.933 bits per heavy atom. The van der Waals surface area contributed by atoms with Gasteiger partial charge in [-0.2, -0.15) is 0 Å². The van der Waals surface area contributed by atoms with E-state index in [0.29, 0.717) is 35.4 Å². The molecule has 0 aliphatic carbocycles. The molecule has 0 unspecified atom stereocenters. The monoisotopic (exact) mass is 393 g/mol. The van der Waals surface area contributed by atoms with Crippen LogP contribution in [0.1, 0.15) is 11.1 Å². The van der Waals surface area contributed by atoms with Crippen LogP contribution in [-0.2, 0) is 6.61 Å². The maximum Gasteiger partial charge on any atom is 0.269 e. The van der Waals surface area contributed by atoms with E-state index in [2.05, 4.69) is 25.1 Å². The first kappa shape index (κ1) is 19.1. The van der Waals surface area contributed by atoms with Crippen LogP contribution in [0.3, 0.4) is 0 Å². The van der Waals surface area contributed by atoms with Crippen molar-refractivity contribution in [3.8, 4) is 17.0 Å². The summed E-state index contributed by atoms with van der Waals surface area (Å²) < 4.78 is 6.20. The fraction of sp³-hybridized carbons (Fsp3) is 0.0833. The molecule has 0 fully saturated rings. The molecule has 0 aliphatic rings. The molecule has 0 saturated carbocycles. The third-order valence-electron chi connectivity index (χ3n) is 4.48. The number of aromatic nitrogens is 3. The number of benzene rings is 2. The van der Waals surface area contributed by atoms with Gasteiger partial charge in [-0.3, -0.25) is 0 Å².